The van der Waals surface area contributed by atoms with E-state index >= 15 is 0 Å². The van der Waals surface area contributed by atoms with Crippen LogP contribution in [0.4, 0.5) is 4.79 Å². The summed E-state index contributed by atoms with van der Waals surface area (Å²) in [5, 5.41) is 0. The van der Waals surface area contributed by atoms with Crippen molar-refractivity contribution in [3.05, 3.63) is 0 Å². The van der Waals surface area contributed by atoms with Gasteiger partial charge in [-0.15, -0.1) is 0 Å². The zero-order chi connectivity index (χ0) is 11.5. The number of carbonyl (C=O) groups excluding carboxylic acids is 1. The number of hydrogen-bond acceptors (Lipinski definition) is 3. The first-order valence-corrected chi connectivity index (χ1v) is 5.76. The second-order valence-electron chi connectivity index (χ2n) is 5.34. The van der Waals surface area contributed by atoms with E-state index in [1.807, 2.05) is 0 Å². The van der Waals surface area contributed by atoms with Crippen molar-refractivity contribution in [3.63, 3.8) is 0 Å². The van der Waals surface area contributed by atoms with Crippen molar-refractivity contribution in [2.45, 2.75) is 53.1 Å². The van der Waals surface area contributed by atoms with Crippen molar-refractivity contribution >= 4 is 6.16 Å². The summed E-state index contributed by atoms with van der Waals surface area (Å²) in [4.78, 5) is 11.2. The molecule has 0 radical (unpaired) electrons. The van der Waals surface area contributed by atoms with Gasteiger partial charge in [-0.3, -0.25) is 0 Å². The second kappa shape index (κ2) is 4.86. The van der Waals surface area contributed by atoms with E-state index in [1.165, 1.54) is 6.42 Å². The Bertz CT molecular complexity index is 223. The van der Waals surface area contributed by atoms with Crippen LogP contribution in [0.25, 0.3) is 0 Å². The van der Waals surface area contributed by atoms with Gasteiger partial charge in [0, 0.05) is 0 Å². The molecule has 1 aliphatic carbocycles. The van der Waals surface area contributed by atoms with Crippen molar-refractivity contribution in [1.82, 2.24) is 0 Å². The van der Waals surface area contributed by atoms with Gasteiger partial charge in [0.05, 0.1) is 6.61 Å². The minimum absolute atomic E-state index is 0.0304. The summed E-state index contributed by atoms with van der Waals surface area (Å²) in [5.74, 6) is 0.619. The number of rotatable bonds is 2. The summed E-state index contributed by atoms with van der Waals surface area (Å²) in [7, 11) is 0. The first kappa shape index (κ1) is 12.3. The van der Waals surface area contributed by atoms with Gasteiger partial charge >= 0.3 is 6.16 Å². The highest BCUT2D eigenvalue weighted by atomic mass is 16.7. The predicted octanol–water partition coefficient (Wildman–Crippen LogP) is 3.37. The molecule has 88 valence electrons. The van der Waals surface area contributed by atoms with E-state index in [0.29, 0.717) is 12.5 Å². The third-order valence-electron chi connectivity index (χ3n) is 2.87. The molecule has 0 aromatic carbocycles. The van der Waals surface area contributed by atoms with Crippen molar-refractivity contribution in [2.75, 3.05) is 6.61 Å². The molecule has 0 saturated heterocycles. The van der Waals surface area contributed by atoms with Gasteiger partial charge in [-0.25, -0.2) is 4.79 Å². The van der Waals surface area contributed by atoms with E-state index in [2.05, 4.69) is 20.8 Å². The Kier molecular flexibility index (Phi) is 4.00. The minimum atomic E-state index is -0.521. The molecule has 0 heterocycles. The molecule has 1 saturated carbocycles. The fourth-order valence-electron chi connectivity index (χ4n) is 2.64. The Labute approximate surface area is 92.1 Å². The first-order chi connectivity index (χ1) is 6.93. The lowest BCUT2D eigenvalue weighted by Gasteiger charge is -2.38. The summed E-state index contributed by atoms with van der Waals surface area (Å²) in [6.07, 6.45) is 2.61. The Morgan fingerprint density at radius 3 is 2.60 bits per heavy atom. The number of carbonyl (C=O) groups is 1. The molecule has 15 heavy (non-hydrogen) atoms. The summed E-state index contributed by atoms with van der Waals surface area (Å²) in [6, 6.07) is 0. The molecule has 3 nitrogen and oxygen atoms in total. The standard InChI is InChI=1S/C12H22O3/c1-5-14-11(13)15-10-6-9(2)7-12(3,4)8-10/h9-10H,5-8H2,1-4H3/t9-,10+/m0/s1. The maximum Gasteiger partial charge on any atom is 0.508 e. The SMILES string of the molecule is CCOC(=O)O[C@@H]1C[C@H](C)CC(C)(C)C1. The van der Waals surface area contributed by atoms with Crippen LogP contribution >= 0.6 is 0 Å². The second-order valence-corrected chi connectivity index (χ2v) is 5.34. The van der Waals surface area contributed by atoms with Crippen LogP contribution in [0.3, 0.4) is 0 Å². The molecule has 0 aliphatic heterocycles. The first-order valence-electron chi connectivity index (χ1n) is 5.76. The maximum absolute atomic E-state index is 11.2. The third-order valence-corrected chi connectivity index (χ3v) is 2.87. The van der Waals surface area contributed by atoms with Crippen LogP contribution in [-0.2, 0) is 9.47 Å². The predicted molar refractivity (Wildman–Crippen MR) is 58.7 cm³/mol. The van der Waals surface area contributed by atoms with Gasteiger partial charge in [0.1, 0.15) is 6.10 Å². The number of hydrogen-bond donors (Lipinski definition) is 0. The Morgan fingerprint density at radius 2 is 2.07 bits per heavy atom. The minimum Gasteiger partial charge on any atom is -0.435 e. The molecule has 3 heteroatoms. The Balaban J connectivity index is 2.45. The van der Waals surface area contributed by atoms with Crippen LogP contribution in [0.5, 0.6) is 0 Å². The molecule has 0 amide bonds. The normalized spacial score (nSPS) is 29.6. The van der Waals surface area contributed by atoms with Gasteiger partial charge in [0.2, 0.25) is 0 Å². The topological polar surface area (TPSA) is 35.5 Å². The van der Waals surface area contributed by atoms with Gasteiger partial charge in [-0.1, -0.05) is 20.8 Å². The molecular weight excluding hydrogens is 192 g/mol. The molecule has 0 spiro atoms. The molecule has 0 aromatic rings. The van der Waals surface area contributed by atoms with E-state index in [9.17, 15) is 4.79 Å². The highest BCUT2D eigenvalue weighted by Gasteiger charge is 2.34. The molecule has 0 bridgehead atoms. The maximum atomic E-state index is 11.2. The molecule has 1 fully saturated rings. The Hall–Kier alpha value is -0.730. The summed E-state index contributed by atoms with van der Waals surface area (Å²) < 4.78 is 10.1. The van der Waals surface area contributed by atoms with E-state index in [1.54, 1.807) is 6.92 Å². The van der Waals surface area contributed by atoms with E-state index < -0.39 is 6.16 Å². The zero-order valence-corrected chi connectivity index (χ0v) is 10.2. The smallest absolute Gasteiger partial charge is 0.435 e. The fraction of sp³-hybridized carbons (Fsp3) is 0.917. The highest BCUT2D eigenvalue weighted by molar-refractivity contribution is 5.60. The monoisotopic (exact) mass is 214 g/mol. The summed E-state index contributed by atoms with van der Waals surface area (Å²) in [5.41, 5.74) is 0.273. The highest BCUT2D eigenvalue weighted by Crippen LogP contribution is 2.39. The lowest BCUT2D eigenvalue weighted by molar-refractivity contribution is -0.0187. The van der Waals surface area contributed by atoms with Crippen LogP contribution in [0.15, 0.2) is 0 Å². The molecule has 1 rings (SSSR count). The van der Waals surface area contributed by atoms with E-state index in [4.69, 9.17) is 9.47 Å². The van der Waals surface area contributed by atoms with Gasteiger partial charge in [-0.05, 0) is 37.5 Å². The molecular formula is C12H22O3. The van der Waals surface area contributed by atoms with Crippen LogP contribution in [-0.4, -0.2) is 18.9 Å². The average molecular weight is 214 g/mol. The zero-order valence-electron chi connectivity index (χ0n) is 10.2. The number of ether oxygens (including phenoxy) is 2. The largest absolute Gasteiger partial charge is 0.508 e. The van der Waals surface area contributed by atoms with Gasteiger partial charge in [0.15, 0.2) is 0 Å². The van der Waals surface area contributed by atoms with Crippen LogP contribution in [0.1, 0.15) is 47.0 Å². The summed E-state index contributed by atoms with van der Waals surface area (Å²) in [6.45, 7) is 8.83. The average Bonchev–Trinajstić information content (AvgIpc) is 1.99. The van der Waals surface area contributed by atoms with Gasteiger partial charge < -0.3 is 9.47 Å². The molecule has 1 aliphatic rings. The lowest BCUT2D eigenvalue weighted by atomic mass is 9.71. The Morgan fingerprint density at radius 1 is 1.40 bits per heavy atom. The molecule has 2 atom stereocenters. The molecule has 0 N–H and O–H groups in total. The lowest BCUT2D eigenvalue weighted by Crippen LogP contribution is -2.34. The molecule has 0 unspecified atom stereocenters. The molecule has 0 aromatic heterocycles. The van der Waals surface area contributed by atoms with Crippen molar-refractivity contribution in [2.24, 2.45) is 11.3 Å². The third kappa shape index (κ3) is 4.10. The van der Waals surface area contributed by atoms with Crippen molar-refractivity contribution < 1.29 is 14.3 Å². The van der Waals surface area contributed by atoms with Gasteiger partial charge in [0.25, 0.3) is 0 Å². The van der Waals surface area contributed by atoms with Gasteiger partial charge in [-0.2, -0.15) is 0 Å². The van der Waals surface area contributed by atoms with E-state index in [0.717, 1.165) is 12.8 Å². The van der Waals surface area contributed by atoms with Crippen LogP contribution in [0.2, 0.25) is 0 Å². The van der Waals surface area contributed by atoms with Crippen LogP contribution in [0, 0.1) is 11.3 Å². The quantitative estimate of drug-likeness (QED) is 0.661. The summed E-state index contributed by atoms with van der Waals surface area (Å²) >= 11 is 0. The van der Waals surface area contributed by atoms with Crippen molar-refractivity contribution in [1.29, 1.82) is 0 Å². The van der Waals surface area contributed by atoms with E-state index in [-0.39, 0.29) is 11.5 Å². The van der Waals surface area contributed by atoms with Crippen molar-refractivity contribution in [3.8, 4) is 0 Å². The van der Waals surface area contributed by atoms with Crippen LogP contribution < -0.4 is 0 Å². The fourth-order valence-corrected chi connectivity index (χ4v) is 2.64.